The molecule has 6 atom stereocenters. The maximum Gasteiger partial charge on any atom is 0.417 e. The molecule has 0 spiro atoms. The lowest BCUT2D eigenvalue weighted by molar-refractivity contribution is -0.237. The van der Waals surface area contributed by atoms with E-state index in [9.17, 15) is 33.6 Å². The summed E-state index contributed by atoms with van der Waals surface area (Å²) in [7, 11) is 1.06. The molecule has 2 saturated heterocycles. The summed E-state index contributed by atoms with van der Waals surface area (Å²) in [5.74, 6) is -4.69. The smallest absolute Gasteiger partial charge is 0.417 e. The number of methoxy groups -OCH3 is 1. The number of ether oxygens (including phenoxy) is 6. The predicted molar refractivity (Wildman–Crippen MR) is 114 cm³/mol. The third kappa shape index (κ3) is 6.36. The second-order valence-corrected chi connectivity index (χ2v) is 8.48. The van der Waals surface area contributed by atoms with Crippen molar-refractivity contribution in [3.63, 3.8) is 0 Å². The fourth-order valence-corrected chi connectivity index (χ4v) is 4.43. The Labute approximate surface area is 206 Å². The second-order valence-electron chi connectivity index (χ2n) is 8.48. The summed E-state index contributed by atoms with van der Waals surface area (Å²) in [6, 6.07) is -1.26. The molecule has 2 heterocycles. The third-order valence-corrected chi connectivity index (χ3v) is 5.55. The number of hydrogen-bond acceptors (Lipinski definition) is 13. The number of rotatable bonds is 9. The first-order valence-corrected chi connectivity index (χ1v) is 11.0. The molecular weight excluding hydrogens is 486 g/mol. The summed E-state index contributed by atoms with van der Waals surface area (Å²) in [5, 5.41) is 0. The Bertz CT molecular complexity index is 946. The number of esters is 4. The lowest BCUT2D eigenvalue weighted by Gasteiger charge is -2.47. The molecule has 14 nitrogen and oxygen atoms in total. The highest BCUT2D eigenvalue weighted by Crippen LogP contribution is 2.42. The Morgan fingerprint density at radius 2 is 1.61 bits per heavy atom. The van der Waals surface area contributed by atoms with Crippen LogP contribution in [0, 0.1) is 0 Å². The van der Waals surface area contributed by atoms with Crippen LogP contribution in [0.3, 0.4) is 0 Å². The quantitative estimate of drug-likeness (QED) is 0.292. The average Bonchev–Trinajstić information content (AvgIpc) is 3.08. The Hall–Kier alpha value is -3.55. The largest absolute Gasteiger partial charge is 0.467 e. The van der Waals surface area contributed by atoms with Gasteiger partial charge in [-0.1, -0.05) is 0 Å². The highest BCUT2D eigenvalue weighted by molar-refractivity contribution is 5.93. The van der Waals surface area contributed by atoms with Gasteiger partial charge in [-0.2, -0.15) is 0 Å². The summed E-state index contributed by atoms with van der Waals surface area (Å²) in [5.41, 5.74) is -2.00. The molecule has 0 N–H and O–H groups in total. The van der Waals surface area contributed by atoms with E-state index in [1.807, 2.05) is 0 Å². The van der Waals surface area contributed by atoms with Gasteiger partial charge >= 0.3 is 30.0 Å². The van der Waals surface area contributed by atoms with Gasteiger partial charge < -0.3 is 28.4 Å². The molecule has 0 bridgehead atoms. The normalized spacial score (nSPS) is 26.6. The molecule has 2 aliphatic rings. The molecule has 200 valence electrons. The summed E-state index contributed by atoms with van der Waals surface area (Å²) in [6.45, 7) is 4.86. The van der Waals surface area contributed by atoms with Gasteiger partial charge in [0.2, 0.25) is 5.91 Å². The summed E-state index contributed by atoms with van der Waals surface area (Å²) < 4.78 is 31.9. The molecule has 2 amide bonds. The van der Waals surface area contributed by atoms with Crippen LogP contribution >= 0.6 is 0 Å². The van der Waals surface area contributed by atoms with Gasteiger partial charge in [0.25, 0.3) is 0 Å². The van der Waals surface area contributed by atoms with Crippen molar-refractivity contribution in [3.05, 3.63) is 0 Å². The molecule has 2 fully saturated rings. The number of Topliss-reactive ketones (excluding diaryl/α,β-unsaturated/α-hetero) is 1. The lowest BCUT2D eigenvalue weighted by Crippen LogP contribution is -2.66. The van der Waals surface area contributed by atoms with Gasteiger partial charge in [0.1, 0.15) is 30.6 Å². The number of carbonyl (C=O) groups excluding carboxylic acids is 7. The minimum absolute atomic E-state index is 0.356. The van der Waals surface area contributed by atoms with Crippen LogP contribution in [0.1, 0.15) is 47.5 Å². The molecule has 0 aromatic rings. The van der Waals surface area contributed by atoms with Gasteiger partial charge in [-0.15, -0.1) is 0 Å². The predicted octanol–water partition coefficient (Wildman–Crippen LogP) is -0.171. The minimum Gasteiger partial charge on any atom is -0.467 e. The fraction of sp³-hybridized carbons (Fsp3) is 0.682. The van der Waals surface area contributed by atoms with E-state index < -0.39 is 90.7 Å². The minimum atomic E-state index is -2.00. The average molecular weight is 515 g/mol. The van der Waals surface area contributed by atoms with Crippen LogP contribution in [0.25, 0.3) is 0 Å². The van der Waals surface area contributed by atoms with Crippen molar-refractivity contribution in [2.75, 3.05) is 13.7 Å². The Balaban J connectivity index is 2.70. The van der Waals surface area contributed by atoms with Gasteiger partial charge in [0.15, 0.2) is 17.8 Å². The van der Waals surface area contributed by atoms with Crippen LogP contribution in [-0.2, 0) is 57.2 Å². The number of amides is 2. The molecule has 2 rings (SSSR count). The fourth-order valence-electron chi connectivity index (χ4n) is 4.43. The molecule has 0 radical (unpaired) electrons. The SMILES string of the molecule is COC(=O)[C@@]1(CC(C)=O)C[C@@H]2OC(=O)N(C(C)=O)[C@H]2[C@H]([C@H](OC(C)=O)[C@@H](COC(C)=O)OC(C)=O)O1. The molecule has 0 unspecified atom stereocenters. The number of carbonyl (C=O) groups is 7. The zero-order valence-electron chi connectivity index (χ0n) is 20.8. The number of ketones is 1. The zero-order valence-corrected chi connectivity index (χ0v) is 20.8. The summed E-state index contributed by atoms with van der Waals surface area (Å²) in [6.07, 6.45) is -7.79. The first kappa shape index (κ1) is 28.7. The Kier molecular flexibility index (Phi) is 9.13. The van der Waals surface area contributed by atoms with Crippen LogP contribution < -0.4 is 0 Å². The lowest BCUT2D eigenvalue weighted by atomic mass is 9.81. The van der Waals surface area contributed by atoms with Crippen molar-refractivity contribution in [1.29, 1.82) is 0 Å². The summed E-state index contributed by atoms with van der Waals surface area (Å²) in [4.78, 5) is 86.0. The molecular formula is C22H29NO13. The van der Waals surface area contributed by atoms with E-state index in [1.165, 1.54) is 6.92 Å². The topological polar surface area (TPSA) is 178 Å². The van der Waals surface area contributed by atoms with Crippen LogP contribution in [0.5, 0.6) is 0 Å². The van der Waals surface area contributed by atoms with Crippen molar-refractivity contribution in [2.24, 2.45) is 0 Å². The van der Waals surface area contributed by atoms with Crippen LogP contribution in [0.2, 0.25) is 0 Å². The molecule has 0 aliphatic carbocycles. The zero-order chi connectivity index (χ0) is 27.4. The third-order valence-electron chi connectivity index (χ3n) is 5.55. The van der Waals surface area contributed by atoms with E-state index in [-0.39, 0.29) is 6.42 Å². The first-order chi connectivity index (χ1) is 16.7. The van der Waals surface area contributed by atoms with Crippen molar-refractivity contribution in [1.82, 2.24) is 4.90 Å². The monoisotopic (exact) mass is 515 g/mol. The van der Waals surface area contributed by atoms with Crippen molar-refractivity contribution in [2.45, 2.75) is 83.5 Å². The van der Waals surface area contributed by atoms with E-state index >= 15 is 0 Å². The highest BCUT2D eigenvalue weighted by atomic mass is 16.6. The first-order valence-electron chi connectivity index (χ1n) is 11.0. The maximum atomic E-state index is 12.9. The molecule has 0 saturated carbocycles. The van der Waals surface area contributed by atoms with Gasteiger partial charge in [-0.05, 0) is 6.92 Å². The van der Waals surface area contributed by atoms with Gasteiger partial charge in [0.05, 0.1) is 7.11 Å². The molecule has 0 aromatic heterocycles. The molecule has 0 aromatic carbocycles. The highest BCUT2D eigenvalue weighted by Gasteiger charge is 2.63. The summed E-state index contributed by atoms with van der Waals surface area (Å²) >= 11 is 0. The van der Waals surface area contributed by atoms with E-state index in [4.69, 9.17) is 28.4 Å². The van der Waals surface area contributed by atoms with Gasteiger partial charge in [-0.25, -0.2) is 14.5 Å². The van der Waals surface area contributed by atoms with Crippen LogP contribution in [0.4, 0.5) is 4.79 Å². The van der Waals surface area contributed by atoms with Gasteiger partial charge in [0, 0.05) is 40.5 Å². The molecule has 14 heteroatoms. The van der Waals surface area contributed by atoms with Crippen molar-refractivity contribution >= 4 is 41.7 Å². The van der Waals surface area contributed by atoms with E-state index in [0.29, 0.717) is 0 Å². The second kappa shape index (κ2) is 11.5. The number of imide groups is 1. The number of fused-ring (bicyclic) bond motifs is 1. The molecule has 2 aliphatic heterocycles. The van der Waals surface area contributed by atoms with Gasteiger partial charge in [-0.3, -0.25) is 24.0 Å². The molecule has 36 heavy (non-hydrogen) atoms. The van der Waals surface area contributed by atoms with Crippen LogP contribution in [-0.4, -0.2) is 96.3 Å². The van der Waals surface area contributed by atoms with E-state index in [0.717, 1.165) is 39.7 Å². The van der Waals surface area contributed by atoms with Crippen molar-refractivity contribution in [3.8, 4) is 0 Å². The van der Waals surface area contributed by atoms with Crippen molar-refractivity contribution < 1.29 is 62.0 Å². The maximum absolute atomic E-state index is 12.9. The number of hydrogen-bond donors (Lipinski definition) is 0. The van der Waals surface area contributed by atoms with E-state index in [2.05, 4.69) is 0 Å². The van der Waals surface area contributed by atoms with Crippen LogP contribution in [0.15, 0.2) is 0 Å². The Morgan fingerprint density at radius 1 is 1.00 bits per heavy atom. The van der Waals surface area contributed by atoms with E-state index in [1.54, 1.807) is 0 Å². The number of nitrogens with zero attached hydrogens (tertiary/aromatic N) is 1. The standard InChI is InChI=1S/C22H29NO13/c1-10(24)7-22(20(29)31-6)8-15-17(23(11(2)25)21(30)35-15)19(36-22)18(34-14(5)28)16(33-13(4)27)9-32-12(3)26/h15-19H,7-9H2,1-6H3/t15-,16+,17+,18+,19+,22+/m0/s1. The Morgan fingerprint density at radius 3 is 2.08 bits per heavy atom.